The van der Waals surface area contributed by atoms with E-state index in [1.807, 2.05) is 18.7 Å². The minimum Gasteiger partial charge on any atom is -0.381 e. The van der Waals surface area contributed by atoms with Crippen LogP contribution < -0.4 is 10.9 Å². The number of ether oxygens (including phenoxy) is 2. The Morgan fingerprint density at radius 2 is 1.91 bits per heavy atom. The van der Waals surface area contributed by atoms with Gasteiger partial charge in [0.1, 0.15) is 11.8 Å². The number of nitrogens with one attached hydrogen (secondary N) is 1. The Morgan fingerprint density at radius 1 is 1.21 bits per heavy atom. The van der Waals surface area contributed by atoms with Crippen LogP contribution in [0.5, 0.6) is 0 Å². The minimum absolute atomic E-state index is 0.0140. The molecule has 1 aliphatic heterocycles. The summed E-state index contributed by atoms with van der Waals surface area (Å²) in [6.07, 6.45) is 4.18. The van der Waals surface area contributed by atoms with Gasteiger partial charge >= 0.3 is 0 Å². The molecule has 0 aromatic carbocycles. The number of methoxy groups -OCH3 is 1. The van der Waals surface area contributed by atoms with Crippen LogP contribution in [0.25, 0.3) is 0 Å². The first-order valence-electron chi connectivity index (χ1n) is 11.8. The fourth-order valence-electron chi connectivity index (χ4n) is 4.75. The highest BCUT2D eigenvalue weighted by atomic mass is 16.5. The van der Waals surface area contributed by atoms with Crippen LogP contribution >= 0.6 is 0 Å². The molecule has 1 amide bonds. The van der Waals surface area contributed by atoms with Crippen molar-refractivity contribution in [1.82, 2.24) is 14.5 Å². The molecular formula is C24H36N4O5. The van der Waals surface area contributed by atoms with Crippen LogP contribution in [0, 0.1) is 19.3 Å². The Balaban J connectivity index is 1.57. The molecule has 3 heterocycles. The average Bonchev–Trinajstić information content (AvgIpc) is 3.20. The maximum absolute atomic E-state index is 13.1. The molecule has 1 saturated carbocycles. The zero-order chi connectivity index (χ0) is 24.1. The summed E-state index contributed by atoms with van der Waals surface area (Å²) < 4.78 is 21.2. The second-order valence-corrected chi connectivity index (χ2v) is 10.5. The van der Waals surface area contributed by atoms with Crippen LogP contribution in [0.2, 0.25) is 0 Å². The Kier molecular flexibility index (Phi) is 6.30. The Morgan fingerprint density at radius 3 is 2.48 bits per heavy atom. The molecule has 4 rings (SSSR count). The standard InChI is InChI=1S/C24H36N4O5/c1-13-19(22(29)25-20-14(2)27(6)28(23(20)30)15-9-8-10-15)26-33-21(13)17-11-16(31-7)12-18(32-17)24(3,4)5/h15-18H,8-12H2,1-7H3,(H,25,29). The third kappa shape index (κ3) is 4.28. The van der Waals surface area contributed by atoms with Gasteiger partial charge in [-0.1, -0.05) is 25.9 Å². The Labute approximate surface area is 194 Å². The van der Waals surface area contributed by atoms with Crippen molar-refractivity contribution in [2.24, 2.45) is 12.5 Å². The molecular weight excluding hydrogens is 424 g/mol. The quantitative estimate of drug-likeness (QED) is 0.722. The number of amides is 1. The van der Waals surface area contributed by atoms with Gasteiger partial charge in [-0.2, -0.15) is 0 Å². The van der Waals surface area contributed by atoms with E-state index in [9.17, 15) is 9.59 Å². The van der Waals surface area contributed by atoms with Gasteiger partial charge in [-0.05, 0) is 38.5 Å². The number of hydrogen-bond acceptors (Lipinski definition) is 6. The Bertz CT molecular complexity index is 1090. The summed E-state index contributed by atoms with van der Waals surface area (Å²) in [5.74, 6) is 0.0772. The van der Waals surface area contributed by atoms with E-state index in [-0.39, 0.29) is 41.0 Å². The summed E-state index contributed by atoms with van der Waals surface area (Å²) in [4.78, 5) is 26.1. The molecule has 2 aliphatic rings. The summed E-state index contributed by atoms with van der Waals surface area (Å²) in [6.45, 7) is 10.0. The fraction of sp³-hybridized carbons (Fsp3) is 0.708. The molecule has 0 spiro atoms. The lowest BCUT2D eigenvalue weighted by atomic mass is 9.82. The zero-order valence-corrected chi connectivity index (χ0v) is 20.7. The first-order valence-corrected chi connectivity index (χ1v) is 11.8. The predicted molar refractivity (Wildman–Crippen MR) is 124 cm³/mol. The van der Waals surface area contributed by atoms with Gasteiger partial charge in [-0.15, -0.1) is 0 Å². The van der Waals surface area contributed by atoms with E-state index < -0.39 is 5.91 Å². The summed E-state index contributed by atoms with van der Waals surface area (Å²) in [5.41, 5.74) is 1.55. The van der Waals surface area contributed by atoms with Gasteiger partial charge in [0, 0.05) is 32.6 Å². The zero-order valence-electron chi connectivity index (χ0n) is 20.7. The normalized spacial score (nSPS) is 24.0. The third-order valence-electron chi connectivity index (χ3n) is 7.30. The molecule has 2 aromatic rings. The van der Waals surface area contributed by atoms with Crippen LogP contribution in [-0.4, -0.2) is 39.7 Å². The van der Waals surface area contributed by atoms with Crippen molar-refractivity contribution < 1.29 is 18.8 Å². The van der Waals surface area contributed by atoms with Crippen LogP contribution in [0.4, 0.5) is 5.69 Å². The van der Waals surface area contributed by atoms with E-state index in [4.69, 9.17) is 14.0 Å². The van der Waals surface area contributed by atoms with Crippen LogP contribution in [0.3, 0.4) is 0 Å². The van der Waals surface area contributed by atoms with Crippen molar-refractivity contribution in [3.8, 4) is 0 Å². The number of aromatic nitrogens is 3. The minimum atomic E-state index is -0.458. The first-order chi connectivity index (χ1) is 15.5. The molecule has 1 aliphatic carbocycles. The topological polar surface area (TPSA) is 101 Å². The molecule has 182 valence electrons. The van der Waals surface area contributed by atoms with Crippen molar-refractivity contribution in [1.29, 1.82) is 0 Å². The fourth-order valence-corrected chi connectivity index (χ4v) is 4.75. The second-order valence-electron chi connectivity index (χ2n) is 10.5. The summed E-state index contributed by atoms with van der Waals surface area (Å²) in [5, 5.41) is 6.84. The van der Waals surface area contributed by atoms with Crippen molar-refractivity contribution in [3.05, 3.63) is 33.1 Å². The number of anilines is 1. The Hall–Kier alpha value is -2.39. The lowest BCUT2D eigenvalue weighted by Crippen LogP contribution is -2.40. The van der Waals surface area contributed by atoms with Crippen molar-refractivity contribution >= 4 is 11.6 Å². The molecule has 9 heteroatoms. The predicted octanol–water partition coefficient (Wildman–Crippen LogP) is 4.05. The van der Waals surface area contributed by atoms with E-state index in [1.165, 1.54) is 0 Å². The average molecular weight is 461 g/mol. The highest BCUT2D eigenvalue weighted by Gasteiger charge is 2.39. The third-order valence-corrected chi connectivity index (χ3v) is 7.30. The summed E-state index contributed by atoms with van der Waals surface area (Å²) >= 11 is 0. The van der Waals surface area contributed by atoms with Gasteiger partial charge < -0.3 is 19.3 Å². The first kappa shape index (κ1) is 23.8. The molecule has 1 N–H and O–H groups in total. The van der Waals surface area contributed by atoms with Gasteiger partial charge in [0.05, 0.1) is 23.9 Å². The maximum Gasteiger partial charge on any atom is 0.291 e. The molecule has 3 unspecified atom stereocenters. The molecule has 1 saturated heterocycles. The van der Waals surface area contributed by atoms with Gasteiger partial charge in [-0.25, -0.2) is 4.68 Å². The molecule has 2 aromatic heterocycles. The van der Waals surface area contributed by atoms with E-state index in [0.29, 0.717) is 29.1 Å². The van der Waals surface area contributed by atoms with Gasteiger partial charge in [0.25, 0.3) is 11.5 Å². The van der Waals surface area contributed by atoms with Crippen LogP contribution in [0.15, 0.2) is 9.32 Å². The van der Waals surface area contributed by atoms with Gasteiger partial charge in [-0.3, -0.25) is 14.3 Å². The van der Waals surface area contributed by atoms with Gasteiger partial charge in [0.2, 0.25) is 0 Å². The number of hydrogen-bond donors (Lipinski definition) is 1. The second kappa shape index (κ2) is 8.76. The lowest BCUT2D eigenvalue weighted by molar-refractivity contribution is -0.150. The van der Waals surface area contributed by atoms with Crippen LogP contribution in [-0.2, 0) is 16.5 Å². The number of rotatable bonds is 5. The highest BCUT2D eigenvalue weighted by molar-refractivity contribution is 6.04. The van der Waals surface area contributed by atoms with E-state index in [0.717, 1.165) is 25.7 Å². The number of carbonyl (C=O) groups excluding carboxylic acids is 1. The van der Waals surface area contributed by atoms with E-state index in [1.54, 1.807) is 18.7 Å². The summed E-state index contributed by atoms with van der Waals surface area (Å²) in [6, 6.07) is 0.195. The molecule has 33 heavy (non-hydrogen) atoms. The van der Waals surface area contributed by atoms with Gasteiger partial charge in [0.15, 0.2) is 11.5 Å². The van der Waals surface area contributed by atoms with E-state index >= 15 is 0 Å². The molecule has 0 radical (unpaired) electrons. The maximum atomic E-state index is 13.1. The van der Waals surface area contributed by atoms with Crippen LogP contribution in [0.1, 0.15) is 92.5 Å². The largest absolute Gasteiger partial charge is 0.381 e. The number of nitrogens with zero attached hydrogens (tertiary/aromatic N) is 3. The SMILES string of the molecule is COC1CC(c2onc(C(=O)Nc3c(C)n(C)n(C4CCC4)c3=O)c2C)OC(C(C)(C)C)C1. The van der Waals surface area contributed by atoms with E-state index in [2.05, 4.69) is 31.2 Å². The number of carbonyl (C=O) groups is 1. The lowest BCUT2D eigenvalue weighted by Gasteiger charge is -2.40. The van der Waals surface area contributed by atoms with Crippen molar-refractivity contribution in [3.63, 3.8) is 0 Å². The molecule has 9 nitrogen and oxygen atoms in total. The smallest absolute Gasteiger partial charge is 0.291 e. The molecule has 0 bridgehead atoms. The van der Waals surface area contributed by atoms with Crippen molar-refractivity contribution in [2.45, 2.75) is 91.1 Å². The monoisotopic (exact) mass is 460 g/mol. The summed E-state index contributed by atoms with van der Waals surface area (Å²) in [7, 11) is 3.56. The highest BCUT2D eigenvalue weighted by Crippen LogP contribution is 2.40. The molecule has 2 fully saturated rings. The van der Waals surface area contributed by atoms with Crippen molar-refractivity contribution in [2.75, 3.05) is 12.4 Å². The molecule has 3 atom stereocenters.